The van der Waals surface area contributed by atoms with Gasteiger partial charge in [-0.1, -0.05) is 31.5 Å². The van der Waals surface area contributed by atoms with E-state index in [0.717, 1.165) is 0 Å². The molecule has 0 saturated carbocycles. The third kappa shape index (κ3) is 6.30. The van der Waals surface area contributed by atoms with Crippen LogP contribution in [0.1, 0.15) is 32.8 Å². The third-order valence-electron chi connectivity index (χ3n) is 3.38. The molecule has 24 heavy (non-hydrogen) atoms. The smallest absolute Gasteiger partial charge is 0.407 e. The zero-order valence-electron chi connectivity index (χ0n) is 14.4. The van der Waals surface area contributed by atoms with Gasteiger partial charge in [-0.2, -0.15) is 0 Å². The number of ether oxygens (including phenoxy) is 1. The molecular formula is C16H25ClN2O4S. The average molecular weight is 377 g/mol. The van der Waals surface area contributed by atoms with Gasteiger partial charge in [0, 0.05) is 17.6 Å². The maximum atomic E-state index is 12.5. The Bertz CT molecular complexity index is 662. The van der Waals surface area contributed by atoms with Crippen molar-refractivity contribution >= 4 is 27.7 Å². The van der Waals surface area contributed by atoms with Crippen LogP contribution in [0.2, 0.25) is 5.02 Å². The predicted octanol–water partition coefficient (Wildman–Crippen LogP) is 3.09. The molecule has 1 unspecified atom stereocenters. The van der Waals surface area contributed by atoms with Gasteiger partial charge in [-0.15, -0.1) is 0 Å². The van der Waals surface area contributed by atoms with Crippen LogP contribution < -0.4 is 10.0 Å². The van der Waals surface area contributed by atoms with E-state index in [4.69, 9.17) is 16.3 Å². The number of benzene rings is 1. The number of hydrogen-bond acceptors (Lipinski definition) is 4. The van der Waals surface area contributed by atoms with Crippen LogP contribution in [0.15, 0.2) is 23.1 Å². The van der Waals surface area contributed by atoms with Crippen molar-refractivity contribution in [3.05, 3.63) is 28.8 Å². The van der Waals surface area contributed by atoms with Crippen molar-refractivity contribution in [2.45, 2.75) is 45.1 Å². The van der Waals surface area contributed by atoms with Gasteiger partial charge in [0.05, 0.1) is 11.5 Å². The van der Waals surface area contributed by atoms with Gasteiger partial charge in [-0.05, 0) is 43.9 Å². The van der Waals surface area contributed by atoms with Crippen LogP contribution in [0.3, 0.4) is 0 Å². The Kier molecular flexibility index (Phi) is 7.99. The van der Waals surface area contributed by atoms with Gasteiger partial charge < -0.3 is 10.1 Å². The van der Waals surface area contributed by atoms with Crippen molar-refractivity contribution < 1.29 is 17.9 Å². The maximum Gasteiger partial charge on any atom is 0.407 e. The van der Waals surface area contributed by atoms with Crippen molar-refractivity contribution in [1.82, 2.24) is 10.0 Å². The predicted molar refractivity (Wildman–Crippen MR) is 94.8 cm³/mol. The Morgan fingerprint density at radius 1 is 1.33 bits per heavy atom. The summed E-state index contributed by atoms with van der Waals surface area (Å²) in [5, 5.41) is 3.08. The van der Waals surface area contributed by atoms with Crippen LogP contribution in [-0.4, -0.2) is 33.7 Å². The SMILES string of the molecule is CCOC(=O)NC(CNS(=O)(=O)c1cccc(Cl)c1C)CC(C)C. The molecule has 0 aromatic heterocycles. The molecule has 1 atom stereocenters. The number of carbonyl (C=O) groups excluding carboxylic acids is 1. The fourth-order valence-electron chi connectivity index (χ4n) is 2.27. The zero-order chi connectivity index (χ0) is 18.3. The monoisotopic (exact) mass is 376 g/mol. The minimum Gasteiger partial charge on any atom is -0.450 e. The summed E-state index contributed by atoms with van der Waals surface area (Å²) < 4.78 is 32.4. The molecule has 1 aromatic rings. The van der Waals surface area contributed by atoms with Crippen LogP contribution in [0.4, 0.5) is 4.79 Å². The van der Waals surface area contributed by atoms with Gasteiger partial charge in [0.25, 0.3) is 0 Å². The second-order valence-electron chi connectivity index (χ2n) is 5.91. The highest BCUT2D eigenvalue weighted by Crippen LogP contribution is 2.22. The van der Waals surface area contributed by atoms with Crippen molar-refractivity contribution in [2.24, 2.45) is 5.92 Å². The number of sulfonamides is 1. The van der Waals surface area contributed by atoms with Gasteiger partial charge in [-0.25, -0.2) is 17.9 Å². The number of nitrogens with one attached hydrogen (secondary N) is 2. The first-order valence-electron chi connectivity index (χ1n) is 7.85. The molecule has 136 valence electrons. The summed E-state index contributed by atoms with van der Waals surface area (Å²) in [7, 11) is -3.72. The van der Waals surface area contributed by atoms with Crippen molar-refractivity contribution in [2.75, 3.05) is 13.2 Å². The molecule has 0 radical (unpaired) electrons. The van der Waals surface area contributed by atoms with Crippen molar-refractivity contribution in [1.29, 1.82) is 0 Å². The van der Waals surface area contributed by atoms with Gasteiger partial charge in [-0.3, -0.25) is 0 Å². The number of amides is 1. The molecule has 1 aromatic carbocycles. The summed E-state index contributed by atoms with van der Waals surface area (Å²) in [5.41, 5.74) is 0.491. The van der Waals surface area contributed by atoms with E-state index < -0.39 is 16.1 Å². The van der Waals surface area contributed by atoms with Gasteiger partial charge in [0.15, 0.2) is 0 Å². The van der Waals surface area contributed by atoms with E-state index in [9.17, 15) is 13.2 Å². The molecular weight excluding hydrogens is 352 g/mol. The molecule has 0 aliphatic rings. The Morgan fingerprint density at radius 2 is 2.00 bits per heavy atom. The lowest BCUT2D eigenvalue weighted by Gasteiger charge is -2.21. The van der Waals surface area contributed by atoms with E-state index in [1.54, 1.807) is 26.0 Å². The molecule has 8 heteroatoms. The van der Waals surface area contributed by atoms with Gasteiger partial charge in [0.2, 0.25) is 10.0 Å². The summed E-state index contributed by atoms with van der Waals surface area (Å²) >= 11 is 5.99. The van der Waals surface area contributed by atoms with Crippen LogP contribution in [0, 0.1) is 12.8 Å². The van der Waals surface area contributed by atoms with Crippen LogP contribution >= 0.6 is 11.6 Å². The summed E-state index contributed by atoms with van der Waals surface area (Å²) in [6.45, 7) is 7.69. The summed E-state index contributed by atoms with van der Waals surface area (Å²) in [6.07, 6.45) is 0.0665. The second-order valence-corrected chi connectivity index (χ2v) is 8.05. The third-order valence-corrected chi connectivity index (χ3v) is 5.36. The average Bonchev–Trinajstić information content (AvgIpc) is 2.47. The molecule has 6 nitrogen and oxygen atoms in total. The number of alkyl carbamates (subject to hydrolysis) is 1. The van der Waals surface area contributed by atoms with E-state index >= 15 is 0 Å². The minimum absolute atomic E-state index is 0.0747. The molecule has 0 fully saturated rings. The zero-order valence-corrected chi connectivity index (χ0v) is 16.0. The standard InChI is InChI=1S/C16H25ClN2O4S/c1-5-23-16(20)19-13(9-11(2)3)10-18-24(21,22)15-8-6-7-14(17)12(15)4/h6-8,11,13,18H,5,9-10H2,1-4H3,(H,19,20). The Labute approximate surface area is 149 Å². The number of rotatable bonds is 8. The number of hydrogen-bond donors (Lipinski definition) is 2. The number of carbonyl (C=O) groups is 1. The lowest BCUT2D eigenvalue weighted by molar-refractivity contribution is 0.146. The lowest BCUT2D eigenvalue weighted by atomic mass is 10.0. The second kappa shape index (κ2) is 9.25. The lowest BCUT2D eigenvalue weighted by Crippen LogP contribution is -2.44. The summed E-state index contributed by atoms with van der Waals surface area (Å²) in [4.78, 5) is 11.7. The maximum absolute atomic E-state index is 12.5. The molecule has 0 spiro atoms. The van der Waals surface area contributed by atoms with E-state index in [1.165, 1.54) is 6.07 Å². The fraction of sp³-hybridized carbons (Fsp3) is 0.562. The Morgan fingerprint density at radius 3 is 2.58 bits per heavy atom. The van der Waals surface area contributed by atoms with E-state index in [2.05, 4.69) is 10.0 Å². The minimum atomic E-state index is -3.72. The van der Waals surface area contributed by atoms with E-state index in [-0.39, 0.29) is 30.0 Å². The normalized spacial score (nSPS) is 12.9. The first-order valence-corrected chi connectivity index (χ1v) is 9.71. The van der Waals surface area contributed by atoms with E-state index in [0.29, 0.717) is 17.0 Å². The summed E-state index contributed by atoms with van der Waals surface area (Å²) in [6, 6.07) is 4.37. The van der Waals surface area contributed by atoms with Gasteiger partial charge >= 0.3 is 6.09 Å². The van der Waals surface area contributed by atoms with E-state index in [1.807, 2.05) is 13.8 Å². The first kappa shape index (κ1) is 20.7. The van der Waals surface area contributed by atoms with Crippen molar-refractivity contribution in [3.8, 4) is 0 Å². The van der Waals surface area contributed by atoms with Gasteiger partial charge in [0.1, 0.15) is 0 Å². The highest BCUT2D eigenvalue weighted by Gasteiger charge is 2.21. The molecule has 0 aliphatic heterocycles. The highest BCUT2D eigenvalue weighted by atomic mass is 35.5. The molecule has 0 heterocycles. The quantitative estimate of drug-likeness (QED) is 0.730. The molecule has 0 saturated heterocycles. The van der Waals surface area contributed by atoms with Crippen molar-refractivity contribution in [3.63, 3.8) is 0 Å². The van der Waals surface area contributed by atoms with Crippen LogP contribution in [0.25, 0.3) is 0 Å². The Balaban J connectivity index is 2.83. The molecule has 0 bridgehead atoms. The summed E-state index contributed by atoms with van der Waals surface area (Å²) in [5.74, 6) is 0.286. The largest absolute Gasteiger partial charge is 0.450 e. The number of halogens is 1. The molecule has 1 amide bonds. The first-order chi connectivity index (χ1) is 11.2. The highest BCUT2D eigenvalue weighted by molar-refractivity contribution is 7.89. The Hall–Kier alpha value is -1.31. The molecule has 1 rings (SSSR count). The topological polar surface area (TPSA) is 84.5 Å². The fourth-order valence-corrected chi connectivity index (χ4v) is 3.85. The molecule has 2 N–H and O–H groups in total. The van der Waals surface area contributed by atoms with Crippen LogP contribution in [-0.2, 0) is 14.8 Å². The van der Waals surface area contributed by atoms with Crippen LogP contribution in [0.5, 0.6) is 0 Å². The molecule has 0 aliphatic carbocycles.